The summed E-state index contributed by atoms with van der Waals surface area (Å²) in [6, 6.07) is 8.09. The molecular weight excluding hydrogens is 428 g/mol. The smallest absolute Gasteiger partial charge is 0.422 e. The summed E-state index contributed by atoms with van der Waals surface area (Å²) in [6.07, 6.45) is -3.68. The number of halogens is 4. The van der Waals surface area contributed by atoms with Gasteiger partial charge in [0.05, 0.1) is 22.3 Å². The predicted octanol–water partition coefficient (Wildman–Crippen LogP) is 5.12. The van der Waals surface area contributed by atoms with E-state index in [1.807, 2.05) is 0 Å². The fourth-order valence-corrected chi connectivity index (χ4v) is 3.13. The van der Waals surface area contributed by atoms with Crippen molar-refractivity contribution in [3.63, 3.8) is 0 Å². The van der Waals surface area contributed by atoms with E-state index in [0.29, 0.717) is 21.9 Å². The van der Waals surface area contributed by atoms with Gasteiger partial charge in [-0.25, -0.2) is 14.2 Å². The average molecular weight is 442 g/mol. The van der Waals surface area contributed by atoms with Crippen LogP contribution in [-0.2, 0) is 0 Å². The summed E-state index contributed by atoms with van der Waals surface area (Å²) in [5.41, 5.74) is 0.441. The molecule has 0 unspecified atom stereocenters. The van der Waals surface area contributed by atoms with Crippen LogP contribution in [0, 0.1) is 5.82 Å². The fourth-order valence-electron chi connectivity index (χ4n) is 2.40. The Balaban J connectivity index is 1.66. The molecule has 0 spiro atoms. The number of carboxylic acids is 1. The number of rotatable bonds is 7. The molecule has 2 heterocycles. The molecule has 0 amide bonds. The largest absolute Gasteiger partial charge is 0.484 e. The van der Waals surface area contributed by atoms with Gasteiger partial charge in [0.1, 0.15) is 17.7 Å². The molecule has 0 saturated heterocycles. The summed E-state index contributed by atoms with van der Waals surface area (Å²) in [7, 11) is 0. The first-order valence-corrected chi connectivity index (χ1v) is 9.22. The van der Waals surface area contributed by atoms with E-state index in [9.17, 15) is 22.4 Å². The first-order valence-electron chi connectivity index (χ1n) is 8.44. The van der Waals surface area contributed by atoms with E-state index in [-0.39, 0.29) is 5.88 Å². The molecule has 0 fully saturated rings. The molecule has 3 aromatic rings. The standard InChI is InChI=1S/C19H14F4N2O4S/c1-10(29-12-3-5-17(24-8-12)28-9-19(21,22)23)16-7-15(25-30-16)11-2-4-13(18(26)27)14(20)6-11/h2-8,10H,9H2,1H3,(H,26,27)/t10-/m1/s1. The molecule has 11 heteroatoms. The van der Waals surface area contributed by atoms with E-state index in [4.69, 9.17) is 9.84 Å². The molecule has 1 atom stereocenters. The number of nitrogens with zero attached hydrogens (tertiary/aromatic N) is 2. The minimum absolute atomic E-state index is 0.181. The van der Waals surface area contributed by atoms with E-state index in [0.717, 1.165) is 17.6 Å². The van der Waals surface area contributed by atoms with Gasteiger partial charge in [-0.05, 0) is 42.7 Å². The average Bonchev–Trinajstić information content (AvgIpc) is 3.17. The summed E-state index contributed by atoms with van der Waals surface area (Å²) in [4.78, 5) is 15.4. The SMILES string of the molecule is C[C@@H](Oc1ccc(OCC(F)(F)F)nc1)c1cc(-c2ccc(C(=O)O)c(F)c2)ns1. The maximum absolute atomic E-state index is 13.9. The van der Waals surface area contributed by atoms with Gasteiger partial charge in [-0.2, -0.15) is 17.5 Å². The molecule has 158 valence electrons. The number of hydrogen-bond acceptors (Lipinski definition) is 6. The summed E-state index contributed by atoms with van der Waals surface area (Å²) in [6.45, 7) is 0.299. The lowest BCUT2D eigenvalue weighted by Gasteiger charge is -2.13. The number of pyridine rings is 1. The van der Waals surface area contributed by atoms with Gasteiger partial charge in [0.15, 0.2) is 6.61 Å². The Morgan fingerprint density at radius 3 is 2.60 bits per heavy atom. The number of aromatic nitrogens is 2. The van der Waals surface area contributed by atoms with Crippen molar-refractivity contribution < 1.29 is 36.9 Å². The molecule has 0 radical (unpaired) electrons. The van der Waals surface area contributed by atoms with Crippen LogP contribution >= 0.6 is 11.5 Å². The molecule has 1 aromatic carbocycles. The summed E-state index contributed by atoms with van der Waals surface area (Å²) in [5.74, 6) is -2.09. The zero-order chi connectivity index (χ0) is 21.9. The highest BCUT2D eigenvalue weighted by molar-refractivity contribution is 7.06. The van der Waals surface area contributed by atoms with Crippen LogP contribution in [0.4, 0.5) is 17.6 Å². The van der Waals surface area contributed by atoms with Gasteiger partial charge in [0.2, 0.25) is 5.88 Å². The lowest BCUT2D eigenvalue weighted by Crippen LogP contribution is -2.19. The van der Waals surface area contributed by atoms with Crippen molar-refractivity contribution in [3.05, 3.63) is 58.9 Å². The topological polar surface area (TPSA) is 81.5 Å². The number of carboxylic acid groups (broad SMARTS) is 1. The predicted molar refractivity (Wildman–Crippen MR) is 99.3 cm³/mol. The van der Waals surface area contributed by atoms with E-state index < -0.39 is 36.2 Å². The highest BCUT2D eigenvalue weighted by Gasteiger charge is 2.28. The van der Waals surface area contributed by atoms with Crippen LogP contribution in [0.3, 0.4) is 0 Å². The third-order valence-corrected chi connectivity index (χ3v) is 4.78. The Labute approximate surface area is 171 Å². The molecule has 0 aliphatic heterocycles. The number of benzene rings is 1. The molecule has 0 bridgehead atoms. The summed E-state index contributed by atoms with van der Waals surface area (Å²) in [5, 5.41) is 8.89. The minimum Gasteiger partial charge on any atom is -0.484 e. The normalized spacial score (nSPS) is 12.4. The van der Waals surface area contributed by atoms with Crippen molar-refractivity contribution in [2.75, 3.05) is 6.61 Å². The summed E-state index contributed by atoms with van der Waals surface area (Å²) < 4.78 is 64.8. The van der Waals surface area contributed by atoms with E-state index in [1.165, 1.54) is 30.5 Å². The van der Waals surface area contributed by atoms with Crippen LogP contribution in [-0.4, -0.2) is 33.2 Å². The quantitative estimate of drug-likeness (QED) is 0.512. The van der Waals surface area contributed by atoms with Gasteiger partial charge in [0.25, 0.3) is 0 Å². The molecule has 1 N–H and O–H groups in total. The lowest BCUT2D eigenvalue weighted by atomic mass is 10.1. The van der Waals surface area contributed by atoms with Crippen molar-refractivity contribution in [1.82, 2.24) is 9.36 Å². The van der Waals surface area contributed by atoms with Gasteiger partial charge < -0.3 is 14.6 Å². The third kappa shape index (κ3) is 5.44. The molecule has 30 heavy (non-hydrogen) atoms. The van der Waals surface area contributed by atoms with Crippen LogP contribution in [0.15, 0.2) is 42.6 Å². The van der Waals surface area contributed by atoms with Crippen LogP contribution < -0.4 is 9.47 Å². The highest BCUT2D eigenvalue weighted by atomic mass is 32.1. The van der Waals surface area contributed by atoms with Crippen molar-refractivity contribution >= 4 is 17.5 Å². The summed E-state index contributed by atoms with van der Waals surface area (Å²) >= 11 is 1.12. The molecule has 6 nitrogen and oxygen atoms in total. The molecule has 0 aliphatic carbocycles. The minimum atomic E-state index is -4.45. The number of ether oxygens (including phenoxy) is 2. The first-order chi connectivity index (χ1) is 14.1. The molecule has 3 rings (SSSR count). The maximum atomic E-state index is 13.9. The molecule has 0 aliphatic rings. The van der Waals surface area contributed by atoms with E-state index in [2.05, 4.69) is 14.1 Å². The Hall–Kier alpha value is -3.21. The Bertz CT molecular complexity index is 1040. The van der Waals surface area contributed by atoms with E-state index in [1.54, 1.807) is 13.0 Å². The van der Waals surface area contributed by atoms with Crippen LogP contribution in [0.5, 0.6) is 11.6 Å². The number of aromatic carboxylic acids is 1. The maximum Gasteiger partial charge on any atom is 0.422 e. The second kappa shape index (κ2) is 8.66. The van der Waals surface area contributed by atoms with Crippen LogP contribution in [0.2, 0.25) is 0 Å². The molecule has 2 aromatic heterocycles. The fraction of sp³-hybridized carbons (Fsp3) is 0.211. The second-order valence-electron chi connectivity index (χ2n) is 6.11. The van der Waals surface area contributed by atoms with Gasteiger partial charge >= 0.3 is 12.1 Å². The highest BCUT2D eigenvalue weighted by Crippen LogP contribution is 2.30. The second-order valence-corrected chi connectivity index (χ2v) is 6.95. The molecule has 0 saturated carbocycles. The van der Waals surface area contributed by atoms with Gasteiger partial charge in [-0.15, -0.1) is 0 Å². The first kappa shape index (κ1) is 21.5. The van der Waals surface area contributed by atoms with Crippen molar-refractivity contribution in [2.45, 2.75) is 19.2 Å². The van der Waals surface area contributed by atoms with Gasteiger partial charge in [-0.1, -0.05) is 6.07 Å². The van der Waals surface area contributed by atoms with Crippen LogP contribution in [0.25, 0.3) is 11.3 Å². The van der Waals surface area contributed by atoms with Crippen molar-refractivity contribution in [3.8, 4) is 22.9 Å². The number of alkyl halides is 3. The Kier molecular flexibility index (Phi) is 6.20. The Morgan fingerprint density at radius 2 is 2.00 bits per heavy atom. The number of hydrogen-bond donors (Lipinski definition) is 1. The van der Waals surface area contributed by atoms with Crippen molar-refractivity contribution in [1.29, 1.82) is 0 Å². The zero-order valence-corrected chi connectivity index (χ0v) is 16.1. The van der Waals surface area contributed by atoms with Crippen LogP contribution in [0.1, 0.15) is 28.3 Å². The Morgan fingerprint density at radius 1 is 1.23 bits per heavy atom. The zero-order valence-electron chi connectivity index (χ0n) is 15.3. The molecular formula is C19H14F4N2O4S. The lowest BCUT2D eigenvalue weighted by molar-refractivity contribution is -0.154. The van der Waals surface area contributed by atoms with Gasteiger partial charge in [-0.3, -0.25) is 0 Å². The number of carbonyl (C=O) groups is 1. The van der Waals surface area contributed by atoms with E-state index >= 15 is 0 Å². The third-order valence-electron chi connectivity index (χ3n) is 3.83. The van der Waals surface area contributed by atoms with Gasteiger partial charge in [0, 0.05) is 11.6 Å². The van der Waals surface area contributed by atoms with Crippen molar-refractivity contribution in [2.24, 2.45) is 0 Å². The monoisotopic (exact) mass is 442 g/mol.